The Morgan fingerprint density at radius 2 is 1.57 bits per heavy atom. The number of anilines is 2. The van der Waals surface area contributed by atoms with Crippen molar-refractivity contribution in [3.05, 3.63) is 70.9 Å². The van der Waals surface area contributed by atoms with E-state index in [0.29, 0.717) is 23.7 Å². The van der Waals surface area contributed by atoms with Crippen molar-refractivity contribution in [3.63, 3.8) is 0 Å². The number of carbonyl (C=O) groups is 3. The minimum absolute atomic E-state index is 0.131. The maximum absolute atomic E-state index is 13.7. The number of aromatic nitrogens is 1. The van der Waals surface area contributed by atoms with Crippen molar-refractivity contribution in [1.29, 1.82) is 0 Å². The third-order valence-electron chi connectivity index (χ3n) is 6.68. The first-order valence-corrected chi connectivity index (χ1v) is 14.1. The summed E-state index contributed by atoms with van der Waals surface area (Å²) in [5.74, 6) is -0.813. The molecule has 236 valence electrons. The smallest absolute Gasteiger partial charge is 0.331 e. The monoisotopic (exact) mass is 606 g/mol. The molecule has 0 aliphatic carbocycles. The number of carbonyl (C=O) groups excluding carboxylic acids is 3. The number of rotatable bonds is 11. The average molecular weight is 607 g/mol. The van der Waals surface area contributed by atoms with Gasteiger partial charge in [-0.15, -0.1) is 0 Å². The standard InChI is InChI=1S/C33H42N4O7/c1-19-14-22(18-41-7)15-20(2)28(19)37-32(40)35-26-16-23(24-11-13-27(42-8)34-17-24)10-12-25(26)30(38)36-29(31(39)43-9)21(3)44-33(4,5)6/h10-17,21,29H,18H2,1-9H3,(H,36,38)(H2,35,37,40)/t21-,29+/m1/s1. The number of aryl methyl sites for hydroxylation is 2. The molecule has 1 heterocycles. The third-order valence-corrected chi connectivity index (χ3v) is 6.68. The lowest BCUT2D eigenvalue weighted by molar-refractivity contribution is -0.150. The quantitative estimate of drug-likeness (QED) is 0.239. The minimum atomic E-state index is -1.10. The summed E-state index contributed by atoms with van der Waals surface area (Å²) >= 11 is 0. The molecular formula is C33H42N4O7. The summed E-state index contributed by atoms with van der Waals surface area (Å²) in [5, 5.41) is 8.46. The van der Waals surface area contributed by atoms with Crippen molar-refractivity contribution in [1.82, 2.24) is 10.3 Å². The van der Waals surface area contributed by atoms with Gasteiger partial charge < -0.3 is 34.9 Å². The van der Waals surface area contributed by atoms with Crippen molar-refractivity contribution in [2.24, 2.45) is 0 Å². The molecule has 3 rings (SSSR count). The van der Waals surface area contributed by atoms with Crippen LogP contribution in [0.5, 0.6) is 5.88 Å². The fourth-order valence-electron chi connectivity index (χ4n) is 4.80. The number of urea groups is 1. The molecule has 0 aliphatic rings. The van der Waals surface area contributed by atoms with Gasteiger partial charge in [-0.3, -0.25) is 4.79 Å². The molecule has 0 saturated heterocycles. The molecule has 3 N–H and O–H groups in total. The normalized spacial score (nSPS) is 12.6. The fourth-order valence-corrected chi connectivity index (χ4v) is 4.80. The first-order valence-electron chi connectivity index (χ1n) is 14.1. The minimum Gasteiger partial charge on any atom is -0.481 e. The summed E-state index contributed by atoms with van der Waals surface area (Å²) in [4.78, 5) is 43.9. The molecule has 0 saturated carbocycles. The number of methoxy groups -OCH3 is 3. The lowest BCUT2D eigenvalue weighted by Crippen LogP contribution is -2.51. The van der Waals surface area contributed by atoms with Gasteiger partial charge in [0.05, 0.1) is 43.8 Å². The zero-order valence-electron chi connectivity index (χ0n) is 26.8. The number of nitrogens with one attached hydrogen (secondary N) is 3. The molecule has 0 fully saturated rings. The Morgan fingerprint density at radius 3 is 2.11 bits per heavy atom. The van der Waals surface area contributed by atoms with E-state index in [0.717, 1.165) is 22.3 Å². The van der Waals surface area contributed by atoms with E-state index in [1.54, 1.807) is 44.5 Å². The molecule has 2 atom stereocenters. The van der Waals surface area contributed by atoms with Crippen LogP contribution < -0.4 is 20.7 Å². The molecule has 0 aliphatic heterocycles. The molecule has 11 nitrogen and oxygen atoms in total. The Kier molecular flexibility index (Phi) is 11.4. The second-order valence-electron chi connectivity index (χ2n) is 11.4. The number of amides is 3. The second kappa shape index (κ2) is 14.8. The molecular weight excluding hydrogens is 564 g/mol. The molecule has 44 heavy (non-hydrogen) atoms. The van der Waals surface area contributed by atoms with Crippen LogP contribution in [0, 0.1) is 13.8 Å². The lowest BCUT2D eigenvalue weighted by atomic mass is 10.0. The summed E-state index contributed by atoms with van der Waals surface area (Å²) in [6.45, 7) is 11.5. The van der Waals surface area contributed by atoms with Crippen LogP contribution in [0.3, 0.4) is 0 Å². The number of benzene rings is 2. The molecule has 0 unspecified atom stereocenters. The molecule has 0 bridgehead atoms. The second-order valence-corrected chi connectivity index (χ2v) is 11.4. The summed E-state index contributed by atoms with van der Waals surface area (Å²) < 4.78 is 21.3. The first-order chi connectivity index (χ1) is 20.8. The summed E-state index contributed by atoms with van der Waals surface area (Å²) in [6, 6.07) is 10.7. The van der Waals surface area contributed by atoms with Crippen molar-refractivity contribution in [2.75, 3.05) is 32.0 Å². The summed E-state index contributed by atoms with van der Waals surface area (Å²) in [5.41, 5.74) is 4.54. The van der Waals surface area contributed by atoms with Gasteiger partial charge in [0.2, 0.25) is 5.88 Å². The Balaban J connectivity index is 1.98. The Labute approximate surface area is 258 Å². The van der Waals surface area contributed by atoms with Crippen LogP contribution in [0.25, 0.3) is 11.1 Å². The van der Waals surface area contributed by atoms with Crippen molar-refractivity contribution in [2.45, 2.75) is 65.9 Å². The molecule has 2 aromatic carbocycles. The number of hydrogen-bond donors (Lipinski definition) is 3. The van der Waals surface area contributed by atoms with Gasteiger partial charge in [0.15, 0.2) is 6.04 Å². The van der Waals surface area contributed by atoms with E-state index in [2.05, 4.69) is 20.9 Å². The number of ether oxygens (including phenoxy) is 4. The van der Waals surface area contributed by atoms with Gasteiger partial charge >= 0.3 is 12.0 Å². The van der Waals surface area contributed by atoms with Crippen LogP contribution >= 0.6 is 0 Å². The lowest BCUT2D eigenvalue weighted by Gasteiger charge is -2.30. The van der Waals surface area contributed by atoms with Crippen molar-refractivity contribution < 1.29 is 33.3 Å². The van der Waals surface area contributed by atoms with Gasteiger partial charge in [-0.25, -0.2) is 14.6 Å². The van der Waals surface area contributed by atoms with Gasteiger partial charge in [0, 0.05) is 30.6 Å². The maximum Gasteiger partial charge on any atom is 0.331 e. The van der Waals surface area contributed by atoms with Gasteiger partial charge in [0.25, 0.3) is 5.91 Å². The highest BCUT2D eigenvalue weighted by Crippen LogP contribution is 2.28. The van der Waals surface area contributed by atoms with Crippen LogP contribution in [-0.2, 0) is 25.6 Å². The van der Waals surface area contributed by atoms with Crippen LogP contribution in [-0.4, -0.2) is 62.0 Å². The van der Waals surface area contributed by atoms with E-state index in [-0.39, 0.29) is 11.3 Å². The highest BCUT2D eigenvalue weighted by atomic mass is 16.5. The zero-order chi connectivity index (χ0) is 32.6. The van der Waals surface area contributed by atoms with Gasteiger partial charge in [-0.1, -0.05) is 18.2 Å². The third kappa shape index (κ3) is 9.01. The number of nitrogens with zero attached hydrogens (tertiary/aromatic N) is 1. The van der Waals surface area contributed by atoms with Crippen LogP contribution in [0.15, 0.2) is 48.7 Å². The number of esters is 1. The fraction of sp³-hybridized carbons (Fsp3) is 0.394. The van der Waals surface area contributed by atoms with E-state index in [9.17, 15) is 14.4 Å². The predicted octanol–water partition coefficient (Wildman–Crippen LogP) is 5.64. The van der Waals surface area contributed by atoms with Crippen LogP contribution in [0.4, 0.5) is 16.2 Å². The largest absolute Gasteiger partial charge is 0.481 e. The summed E-state index contributed by atoms with van der Waals surface area (Å²) in [7, 11) is 4.39. The van der Waals surface area contributed by atoms with Gasteiger partial charge in [-0.2, -0.15) is 0 Å². The Bertz CT molecular complexity index is 1460. The highest BCUT2D eigenvalue weighted by molar-refractivity contribution is 6.08. The van der Waals surface area contributed by atoms with Crippen molar-refractivity contribution >= 4 is 29.3 Å². The van der Waals surface area contributed by atoms with Crippen LogP contribution in [0.2, 0.25) is 0 Å². The average Bonchev–Trinajstić information content (AvgIpc) is 2.96. The molecule has 0 spiro atoms. The molecule has 3 amide bonds. The first kappa shape index (κ1) is 34.0. The van der Waals surface area contributed by atoms with Crippen molar-refractivity contribution in [3.8, 4) is 17.0 Å². The van der Waals surface area contributed by atoms with E-state index in [1.807, 2.05) is 52.8 Å². The molecule has 1 aromatic heterocycles. The maximum atomic E-state index is 13.7. The van der Waals surface area contributed by atoms with E-state index in [4.69, 9.17) is 18.9 Å². The molecule has 3 aromatic rings. The van der Waals surface area contributed by atoms with E-state index < -0.39 is 35.7 Å². The SMILES string of the molecule is COCc1cc(C)c(NC(=O)Nc2cc(-c3ccc(OC)nc3)ccc2C(=O)N[C@H](C(=O)OC)[C@@H](C)OC(C)(C)C)c(C)c1. The van der Waals surface area contributed by atoms with Crippen LogP contribution in [0.1, 0.15) is 54.7 Å². The van der Waals surface area contributed by atoms with Gasteiger partial charge in [-0.05, 0) is 82.0 Å². The Morgan fingerprint density at radius 1 is 0.909 bits per heavy atom. The predicted molar refractivity (Wildman–Crippen MR) is 169 cm³/mol. The zero-order valence-corrected chi connectivity index (χ0v) is 26.8. The Hall–Kier alpha value is -4.48. The number of hydrogen-bond acceptors (Lipinski definition) is 8. The molecule has 0 radical (unpaired) electrons. The van der Waals surface area contributed by atoms with Gasteiger partial charge in [0.1, 0.15) is 0 Å². The van der Waals surface area contributed by atoms with E-state index >= 15 is 0 Å². The highest BCUT2D eigenvalue weighted by Gasteiger charge is 2.32. The molecule has 11 heteroatoms. The van der Waals surface area contributed by atoms with E-state index in [1.165, 1.54) is 14.2 Å². The summed E-state index contributed by atoms with van der Waals surface area (Å²) in [6.07, 6.45) is 0.924. The topological polar surface area (TPSA) is 137 Å². The number of pyridine rings is 1.